The van der Waals surface area contributed by atoms with Crippen molar-refractivity contribution in [3.05, 3.63) is 29.8 Å². The summed E-state index contributed by atoms with van der Waals surface area (Å²) in [7, 11) is -2.23. The quantitative estimate of drug-likeness (QED) is 0.907. The Balaban J connectivity index is 2.22. The number of hydrogen-bond acceptors (Lipinski definition) is 3. The lowest BCUT2D eigenvalue weighted by Crippen LogP contribution is -2.33. The number of carboxylic acids is 1. The molecule has 0 amide bonds. The molecule has 1 aliphatic carbocycles. The third-order valence-corrected chi connectivity index (χ3v) is 5.93. The third-order valence-electron chi connectivity index (χ3n) is 4.05. The third kappa shape index (κ3) is 3.63. The highest BCUT2D eigenvalue weighted by molar-refractivity contribution is 7.89. The second kappa shape index (κ2) is 6.58. The van der Waals surface area contributed by atoms with Gasteiger partial charge >= 0.3 is 5.97 Å². The summed E-state index contributed by atoms with van der Waals surface area (Å²) < 4.78 is 26.5. The minimum absolute atomic E-state index is 0.129. The SMILES string of the molecule is CN(CC1CCCCC1)S(=O)(=O)c1ccccc1C(=O)O. The van der Waals surface area contributed by atoms with E-state index < -0.39 is 16.0 Å². The van der Waals surface area contributed by atoms with E-state index in [1.807, 2.05) is 0 Å². The second-order valence-corrected chi connectivity index (χ2v) is 7.60. The van der Waals surface area contributed by atoms with Gasteiger partial charge in [0, 0.05) is 13.6 Å². The average molecular weight is 311 g/mol. The van der Waals surface area contributed by atoms with E-state index in [1.165, 1.54) is 36.0 Å². The predicted octanol–water partition coefficient (Wildman–Crippen LogP) is 2.59. The van der Waals surface area contributed by atoms with Crippen LogP contribution in [-0.2, 0) is 10.0 Å². The zero-order valence-electron chi connectivity index (χ0n) is 12.2. The van der Waals surface area contributed by atoms with Crippen molar-refractivity contribution in [1.82, 2.24) is 4.31 Å². The molecule has 1 saturated carbocycles. The van der Waals surface area contributed by atoms with E-state index in [9.17, 15) is 13.2 Å². The van der Waals surface area contributed by atoms with Crippen LogP contribution in [-0.4, -0.2) is 37.4 Å². The zero-order valence-corrected chi connectivity index (χ0v) is 13.0. The topological polar surface area (TPSA) is 74.7 Å². The Bertz CT molecular complexity index is 606. The predicted molar refractivity (Wildman–Crippen MR) is 79.8 cm³/mol. The van der Waals surface area contributed by atoms with Gasteiger partial charge in [-0.05, 0) is 30.9 Å². The normalized spacial score (nSPS) is 17.0. The molecule has 6 heteroatoms. The van der Waals surface area contributed by atoms with Crippen LogP contribution in [0.1, 0.15) is 42.5 Å². The fraction of sp³-hybridized carbons (Fsp3) is 0.533. The van der Waals surface area contributed by atoms with Gasteiger partial charge in [0.1, 0.15) is 0 Å². The summed E-state index contributed by atoms with van der Waals surface area (Å²) >= 11 is 0. The van der Waals surface area contributed by atoms with Crippen molar-refractivity contribution >= 4 is 16.0 Å². The Morgan fingerprint density at radius 3 is 2.48 bits per heavy atom. The molecule has 0 heterocycles. The van der Waals surface area contributed by atoms with Crippen molar-refractivity contribution in [1.29, 1.82) is 0 Å². The molecule has 0 spiro atoms. The Kier molecular flexibility index (Phi) is 5.00. The van der Waals surface area contributed by atoms with Crippen LogP contribution in [0, 0.1) is 5.92 Å². The van der Waals surface area contributed by atoms with E-state index in [-0.39, 0.29) is 10.5 Å². The van der Waals surface area contributed by atoms with E-state index in [4.69, 9.17) is 5.11 Å². The van der Waals surface area contributed by atoms with Gasteiger partial charge in [-0.25, -0.2) is 17.5 Å². The molecule has 1 aromatic carbocycles. The molecule has 21 heavy (non-hydrogen) atoms. The molecule has 5 nitrogen and oxygen atoms in total. The van der Waals surface area contributed by atoms with Gasteiger partial charge in [0.25, 0.3) is 0 Å². The highest BCUT2D eigenvalue weighted by Crippen LogP contribution is 2.26. The molecule has 1 N–H and O–H groups in total. The van der Waals surface area contributed by atoms with Crippen molar-refractivity contribution in [2.24, 2.45) is 5.92 Å². The van der Waals surface area contributed by atoms with E-state index in [2.05, 4.69) is 0 Å². The van der Waals surface area contributed by atoms with Crippen LogP contribution in [0.5, 0.6) is 0 Å². The van der Waals surface area contributed by atoms with E-state index in [0.717, 1.165) is 25.7 Å². The maximum absolute atomic E-state index is 12.6. The molecule has 2 rings (SSSR count). The van der Waals surface area contributed by atoms with Gasteiger partial charge in [-0.1, -0.05) is 31.4 Å². The molecular formula is C15H21NO4S. The van der Waals surface area contributed by atoms with Gasteiger partial charge in [0.05, 0.1) is 10.5 Å². The summed E-state index contributed by atoms with van der Waals surface area (Å²) in [5.41, 5.74) is -0.173. The van der Waals surface area contributed by atoms with Crippen LogP contribution < -0.4 is 0 Å². The molecular weight excluding hydrogens is 290 g/mol. The minimum Gasteiger partial charge on any atom is -0.478 e. The average Bonchev–Trinajstić information content (AvgIpc) is 2.48. The molecule has 116 valence electrons. The van der Waals surface area contributed by atoms with Crippen LogP contribution in [0.3, 0.4) is 0 Å². The lowest BCUT2D eigenvalue weighted by Gasteiger charge is -2.26. The van der Waals surface area contributed by atoms with Crippen molar-refractivity contribution in [2.75, 3.05) is 13.6 Å². The van der Waals surface area contributed by atoms with E-state index in [0.29, 0.717) is 12.5 Å². The summed E-state index contributed by atoms with van der Waals surface area (Å²) in [6.45, 7) is 0.455. The van der Waals surface area contributed by atoms with Gasteiger partial charge in [-0.3, -0.25) is 0 Å². The van der Waals surface area contributed by atoms with Crippen molar-refractivity contribution in [3.8, 4) is 0 Å². The summed E-state index contributed by atoms with van der Waals surface area (Å²) in [5, 5.41) is 9.15. The lowest BCUT2D eigenvalue weighted by molar-refractivity contribution is 0.0692. The molecule has 0 radical (unpaired) electrons. The maximum Gasteiger partial charge on any atom is 0.337 e. The summed E-state index contributed by atoms with van der Waals surface area (Å²) in [6, 6.07) is 5.76. The lowest BCUT2D eigenvalue weighted by atomic mass is 9.89. The zero-order chi connectivity index (χ0) is 15.5. The van der Waals surface area contributed by atoms with Gasteiger partial charge in [-0.15, -0.1) is 0 Å². The molecule has 0 saturated heterocycles. The van der Waals surface area contributed by atoms with Crippen molar-refractivity contribution in [3.63, 3.8) is 0 Å². The van der Waals surface area contributed by atoms with E-state index in [1.54, 1.807) is 6.07 Å². The molecule has 0 atom stereocenters. The maximum atomic E-state index is 12.6. The van der Waals surface area contributed by atoms with Gasteiger partial charge in [0.2, 0.25) is 10.0 Å². The first-order valence-corrected chi connectivity index (χ1v) is 8.65. The first-order valence-electron chi connectivity index (χ1n) is 7.21. The molecule has 0 aromatic heterocycles. The number of hydrogen-bond donors (Lipinski definition) is 1. The van der Waals surface area contributed by atoms with Crippen molar-refractivity contribution in [2.45, 2.75) is 37.0 Å². The number of benzene rings is 1. The summed E-state index contributed by atoms with van der Waals surface area (Å²) in [6.07, 6.45) is 5.59. The number of rotatable bonds is 5. The number of aromatic carboxylic acids is 1. The number of sulfonamides is 1. The van der Waals surface area contributed by atoms with Crippen LogP contribution in [0.25, 0.3) is 0 Å². The minimum atomic E-state index is -3.76. The van der Waals surface area contributed by atoms with Crippen molar-refractivity contribution < 1.29 is 18.3 Å². The summed E-state index contributed by atoms with van der Waals surface area (Å²) in [5.74, 6) is -0.851. The Morgan fingerprint density at radius 1 is 1.24 bits per heavy atom. The van der Waals surface area contributed by atoms with Gasteiger partial charge < -0.3 is 5.11 Å². The van der Waals surface area contributed by atoms with Gasteiger partial charge in [-0.2, -0.15) is 0 Å². The first-order chi connectivity index (χ1) is 9.93. The fourth-order valence-corrected chi connectivity index (χ4v) is 4.29. The molecule has 0 bridgehead atoms. The largest absolute Gasteiger partial charge is 0.478 e. The Labute approximate surface area is 125 Å². The first kappa shape index (κ1) is 16.0. The second-order valence-electron chi connectivity index (χ2n) is 5.59. The fourth-order valence-electron chi connectivity index (χ4n) is 2.87. The van der Waals surface area contributed by atoms with Crippen LogP contribution >= 0.6 is 0 Å². The smallest absolute Gasteiger partial charge is 0.337 e. The van der Waals surface area contributed by atoms with E-state index >= 15 is 0 Å². The number of carboxylic acid groups (broad SMARTS) is 1. The number of carbonyl (C=O) groups is 1. The Morgan fingerprint density at radius 2 is 1.86 bits per heavy atom. The van der Waals surface area contributed by atoms with Crippen LogP contribution in [0.15, 0.2) is 29.2 Å². The molecule has 0 unspecified atom stereocenters. The van der Waals surface area contributed by atoms with Crippen LogP contribution in [0.4, 0.5) is 0 Å². The number of nitrogens with zero attached hydrogens (tertiary/aromatic N) is 1. The standard InChI is InChI=1S/C15H21NO4S/c1-16(11-12-7-3-2-4-8-12)21(19,20)14-10-6-5-9-13(14)15(17)18/h5-6,9-10,12H,2-4,7-8,11H2,1H3,(H,17,18). The summed E-state index contributed by atoms with van der Waals surface area (Å²) in [4.78, 5) is 11.1. The van der Waals surface area contributed by atoms with Crippen LogP contribution in [0.2, 0.25) is 0 Å². The Hall–Kier alpha value is -1.40. The molecule has 0 aliphatic heterocycles. The monoisotopic (exact) mass is 311 g/mol. The molecule has 1 aromatic rings. The van der Waals surface area contributed by atoms with Gasteiger partial charge in [0.15, 0.2) is 0 Å². The molecule has 1 fully saturated rings. The highest BCUT2D eigenvalue weighted by Gasteiger charge is 2.28. The highest BCUT2D eigenvalue weighted by atomic mass is 32.2. The molecule has 1 aliphatic rings.